The van der Waals surface area contributed by atoms with Gasteiger partial charge in [0.2, 0.25) is 0 Å². The molecule has 1 heterocycles. The van der Waals surface area contributed by atoms with E-state index >= 15 is 0 Å². The first-order chi connectivity index (χ1) is 20.4. The van der Waals surface area contributed by atoms with Crippen molar-refractivity contribution < 1.29 is 58.2 Å². The number of benzene rings is 1. The normalized spacial score (nSPS) is 40.7. The number of esters is 2. The maximum atomic E-state index is 14.9. The van der Waals surface area contributed by atoms with Gasteiger partial charge in [0.15, 0.2) is 17.5 Å². The van der Waals surface area contributed by atoms with Crippen LogP contribution in [0.5, 0.6) is 0 Å². The van der Waals surface area contributed by atoms with Crippen molar-refractivity contribution in [2.75, 3.05) is 13.7 Å². The summed E-state index contributed by atoms with van der Waals surface area (Å²) in [7, 11) is 1.10. The Morgan fingerprint density at radius 1 is 1.02 bits per heavy atom. The Morgan fingerprint density at radius 3 is 2.20 bits per heavy atom. The molecule has 240 valence electrons. The molecule has 0 radical (unpaired) electrons. The zero-order chi connectivity index (χ0) is 32.6. The van der Waals surface area contributed by atoms with Gasteiger partial charge in [-0.3, -0.25) is 9.59 Å². The van der Waals surface area contributed by atoms with Gasteiger partial charge < -0.3 is 39.0 Å². The van der Waals surface area contributed by atoms with Crippen molar-refractivity contribution >= 4 is 23.9 Å². The fourth-order valence-corrected chi connectivity index (χ4v) is 8.07. The molecular weight excluding hydrogens is 576 g/mol. The molecule has 3 fully saturated rings. The van der Waals surface area contributed by atoms with Crippen molar-refractivity contribution in [3.05, 3.63) is 47.0 Å². The molecule has 3 N–H and O–H groups in total. The Hall–Kier alpha value is -3.32. The number of aliphatic hydroxyl groups is 3. The summed E-state index contributed by atoms with van der Waals surface area (Å²) in [5.74, 6) is -3.90. The SMILES string of the molecule is COC(=O)O[C@@]12CO[C@@H]1C[C@H](O)[C@@]1(C)C(=O)[C@H](OC(C)=O)C3=C(C)[C@](C)(O)C[C@@](O)(C(OC(=O)c4ccccc4)C12)C3(C)C. The number of fused-ring (bicyclic) bond motifs is 5. The van der Waals surface area contributed by atoms with Crippen molar-refractivity contribution in [2.24, 2.45) is 16.7 Å². The highest BCUT2D eigenvalue weighted by Gasteiger charge is 2.79. The second kappa shape index (κ2) is 10.4. The third-order valence-corrected chi connectivity index (χ3v) is 10.7. The van der Waals surface area contributed by atoms with E-state index in [4.69, 9.17) is 23.7 Å². The van der Waals surface area contributed by atoms with E-state index in [1.165, 1.54) is 26.0 Å². The molecule has 4 aliphatic rings. The summed E-state index contributed by atoms with van der Waals surface area (Å²) in [5, 5.41) is 36.6. The molecule has 1 aromatic carbocycles. The van der Waals surface area contributed by atoms with Gasteiger partial charge in [-0.1, -0.05) is 32.0 Å². The molecule has 1 aliphatic heterocycles. The molecule has 2 saturated carbocycles. The molecule has 0 amide bonds. The number of hydrogen-bond donors (Lipinski definition) is 3. The summed E-state index contributed by atoms with van der Waals surface area (Å²) in [6.45, 7) is 8.52. The minimum absolute atomic E-state index is 0.124. The Kier molecular flexibility index (Phi) is 7.56. The van der Waals surface area contributed by atoms with Gasteiger partial charge in [0.05, 0.1) is 42.3 Å². The van der Waals surface area contributed by atoms with Crippen molar-refractivity contribution in [3.8, 4) is 0 Å². The Balaban J connectivity index is 1.86. The fourth-order valence-electron chi connectivity index (χ4n) is 8.07. The lowest BCUT2D eigenvalue weighted by atomic mass is 9.44. The van der Waals surface area contributed by atoms with Gasteiger partial charge in [0.1, 0.15) is 17.8 Å². The van der Waals surface area contributed by atoms with Crippen LogP contribution in [0.1, 0.15) is 64.7 Å². The van der Waals surface area contributed by atoms with Gasteiger partial charge in [-0.25, -0.2) is 9.59 Å². The molecule has 5 rings (SSSR count). The van der Waals surface area contributed by atoms with Gasteiger partial charge in [-0.15, -0.1) is 0 Å². The maximum Gasteiger partial charge on any atom is 0.508 e. The quantitative estimate of drug-likeness (QED) is 0.256. The Morgan fingerprint density at radius 2 is 1.66 bits per heavy atom. The van der Waals surface area contributed by atoms with Crippen LogP contribution >= 0.6 is 0 Å². The highest BCUT2D eigenvalue weighted by molar-refractivity contribution is 5.95. The predicted molar refractivity (Wildman–Crippen MR) is 151 cm³/mol. The highest BCUT2D eigenvalue weighted by Crippen LogP contribution is 2.65. The van der Waals surface area contributed by atoms with E-state index in [1.54, 1.807) is 39.0 Å². The van der Waals surface area contributed by atoms with Crippen LogP contribution in [0.2, 0.25) is 0 Å². The van der Waals surface area contributed by atoms with Crippen LogP contribution in [0, 0.1) is 16.7 Å². The first-order valence-electron chi connectivity index (χ1n) is 14.6. The zero-order valence-corrected chi connectivity index (χ0v) is 25.9. The smallest absolute Gasteiger partial charge is 0.455 e. The van der Waals surface area contributed by atoms with Crippen LogP contribution < -0.4 is 0 Å². The minimum Gasteiger partial charge on any atom is -0.455 e. The molecule has 1 aromatic rings. The van der Waals surface area contributed by atoms with E-state index < -0.39 is 88.3 Å². The number of ether oxygens (including phenoxy) is 5. The number of hydrogen-bond acceptors (Lipinski definition) is 12. The number of aliphatic hydroxyl groups excluding tert-OH is 1. The first-order valence-corrected chi connectivity index (χ1v) is 14.6. The molecule has 9 atom stereocenters. The van der Waals surface area contributed by atoms with E-state index in [1.807, 2.05) is 0 Å². The monoisotopic (exact) mass is 616 g/mol. The van der Waals surface area contributed by atoms with E-state index in [0.29, 0.717) is 0 Å². The van der Waals surface area contributed by atoms with E-state index in [9.17, 15) is 34.5 Å². The molecule has 44 heavy (non-hydrogen) atoms. The lowest BCUT2D eigenvalue weighted by molar-refractivity contribution is -0.345. The summed E-state index contributed by atoms with van der Waals surface area (Å²) >= 11 is 0. The molecule has 12 nitrogen and oxygen atoms in total. The first kappa shape index (κ1) is 32.1. The zero-order valence-electron chi connectivity index (χ0n) is 25.9. The number of carbonyl (C=O) groups excluding carboxylic acids is 4. The predicted octanol–water partition coefficient (Wildman–Crippen LogP) is 2.26. The van der Waals surface area contributed by atoms with Gasteiger partial charge in [-0.2, -0.15) is 0 Å². The van der Waals surface area contributed by atoms with Gasteiger partial charge in [0, 0.05) is 25.2 Å². The molecule has 0 aromatic heterocycles. The summed E-state index contributed by atoms with van der Waals surface area (Å²) in [6, 6.07) is 7.99. The van der Waals surface area contributed by atoms with Crippen LogP contribution in [0.25, 0.3) is 0 Å². The standard InChI is InChI=1S/C32H40O12/c1-16-21-22(42-17(2)33)24(35)30(6)19(34)13-20-31(15-41-20,44-27(37)40-7)23(30)25(43-26(36)18-11-9-8-10-12-18)32(39,28(21,3)4)14-29(16,5)38/h8-12,19-20,22-23,25,34,38-39H,13-15H2,1-7H3/t19-,20+,22+,23?,25?,29+,30+,31-,32+/m0/s1. The van der Waals surface area contributed by atoms with Crippen LogP contribution in [0.4, 0.5) is 4.79 Å². The number of methoxy groups -OCH3 is 1. The number of rotatable bonds is 4. The maximum absolute atomic E-state index is 14.9. The van der Waals surface area contributed by atoms with Crippen LogP contribution in [-0.4, -0.2) is 94.1 Å². The van der Waals surface area contributed by atoms with E-state index in [0.717, 1.165) is 14.0 Å². The van der Waals surface area contributed by atoms with Gasteiger partial charge in [0.25, 0.3) is 0 Å². The largest absolute Gasteiger partial charge is 0.508 e. The van der Waals surface area contributed by atoms with Crippen LogP contribution in [-0.2, 0) is 33.3 Å². The lowest BCUT2D eigenvalue weighted by Crippen LogP contribution is -2.82. The van der Waals surface area contributed by atoms with Crippen molar-refractivity contribution in [2.45, 2.75) is 95.6 Å². The van der Waals surface area contributed by atoms with Crippen LogP contribution in [0.3, 0.4) is 0 Å². The molecule has 1 saturated heterocycles. The van der Waals surface area contributed by atoms with Crippen molar-refractivity contribution in [1.29, 1.82) is 0 Å². The molecule has 3 aliphatic carbocycles. The molecule has 2 unspecified atom stereocenters. The number of Topliss-reactive ketones (excluding diaryl/α,β-unsaturated/α-hetero) is 1. The summed E-state index contributed by atoms with van der Waals surface area (Å²) in [6.07, 6.45) is -7.46. The van der Waals surface area contributed by atoms with E-state index in [2.05, 4.69) is 0 Å². The Bertz CT molecular complexity index is 1420. The minimum atomic E-state index is -2.19. The van der Waals surface area contributed by atoms with Crippen molar-refractivity contribution in [1.82, 2.24) is 0 Å². The topological polar surface area (TPSA) is 175 Å². The third kappa shape index (κ3) is 4.33. The van der Waals surface area contributed by atoms with Crippen molar-refractivity contribution in [3.63, 3.8) is 0 Å². The molecule has 12 heteroatoms. The van der Waals surface area contributed by atoms with Gasteiger partial charge in [-0.05, 0) is 44.1 Å². The lowest BCUT2D eigenvalue weighted by Gasteiger charge is -2.67. The third-order valence-electron chi connectivity index (χ3n) is 10.7. The number of ketones is 1. The molecule has 2 bridgehead atoms. The summed E-state index contributed by atoms with van der Waals surface area (Å²) < 4.78 is 28.4. The fraction of sp³-hybridized carbons (Fsp3) is 0.625. The highest BCUT2D eigenvalue weighted by atomic mass is 16.8. The van der Waals surface area contributed by atoms with Crippen LogP contribution in [0.15, 0.2) is 41.5 Å². The Labute approximate surface area is 255 Å². The summed E-state index contributed by atoms with van der Waals surface area (Å²) in [4.78, 5) is 54.0. The average molecular weight is 617 g/mol. The van der Waals surface area contributed by atoms with E-state index in [-0.39, 0.29) is 29.7 Å². The average Bonchev–Trinajstić information content (AvgIpc) is 2.94. The second-order valence-corrected chi connectivity index (χ2v) is 13.4. The number of carbonyl (C=O) groups is 4. The molecular formula is C32H40O12. The second-order valence-electron chi connectivity index (χ2n) is 13.4. The summed E-state index contributed by atoms with van der Waals surface area (Å²) in [5.41, 5.74) is -8.59. The van der Waals surface area contributed by atoms with Gasteiger partial charge >= 0.3 is 18.1 Å². The molecule has 0 spiro atoms.